The van der Waals surface area contributed by atoms with Crippen LogP contribution in [0.1, 0.15) is 37.3 Å². The van der Waals surface area contributed by atoms with Gasteiger partial charge in [0.15, 0.2) is 0 Å². The molecule has 0 unspecified atom stereocenters. The fourth-order valence-corrected chi connectivity index (χ4v) is 2.33. The first-order chi connectivity index (χ1) is 8.20. The summed E-state index contributed by atoms with van der Waals surface area (Å²) < 4.78 is 6.08. The molecular weight excluding hydrogens is 210 g/mol. The molecule has 0 aliphatic heterocycles. The van der Waals surface area contributed by atoms with Crippen molar-refractivity contribution in [2.24, 2.45) is 0 Å². The minimum Gasteiger partial charge on any atom is -0.490 e. The Kier molecular flexibility index (Phi) is 4.06. The van der Waals surface area contributed by atoms with Crippen LogP contribution in [0.4, 0.5) is 0 Å². The molecule has 0 bridgehead atoms. The van der Waals surface area contributed by atoms with Crippen molar-refractivity contribution >= 4 is 0 Å². The molecule has 2 nitrogen and oxygen atoms in total. The summed E-state index contributed by atoms with van der Waals surface area (Å²) in [6, 6.07) is 7.00. The Morgan fingerprint density at radius 3 is 2.47 bits per heavy atom. The van der Waals surface area contributed by atoms with E-state index in [1.165, 1.54) is 17.5 Å². The monoisotopic (exact) mass is 233 g/mol. The molecular formula is C15H23NO. The third-order valence-electron chi connectivity index (χ3n) is 3.47. The van der Waals surface area contributed by atoms with Crippen LogP contribution in [0.15, 0.2) is 18.2 Å². The van der Waals surface area contributed by atoms with Crippen molar-refractivity contribution in [3.63, 3.8) is 0 Å². The lowest BCUT2D eigenvalue weighted by Crippen LogP contribution is -2.47. The van der Waals surface area contributed by atoms with E-state index in [0.29, 0.717) is 12.1 Å². The van der Waals surface area contributed by atoms with Gasteiger partial charge in [0.1, 0.15) is 11.9 Å². The number of para-hydroxylation sites is 1. The summed E-state index contributed by atoms with van der Waals surface area (Å²) in [6.45, 7) is 7.57. The maximum atomic E-state index is 6.08. The normalized spacial score (nSPS) is 23.2. The largest absolute Gasteiger partial charge is 0.490 e. The minimum atomic E-state index is 0.407. The third kappa shape index (κ3) is 3.01. The van der Waals surface area contributed by atoms with Crippen molar-refractivity contribution in [2.45, 2.75) is 52.2 Å². The molecule has 0 radical (unpaired) electrons. The lowest BCUT2D eigenvalue weighted by molar-refractivity contribution is 0.0839. The van der Waals surface area contributed by atoms with E-state index in [-0.39, 0.29) is 0 Å². The molecule has 0 aromatic heterocycles. The van der Waals surface area contributed by atoms with E-state index >= 15 is 0 Å². The van der Waals surface area contributed by atoms with Crippen molar-refractivity contribution < 1.29 is 4.74 Å². The molecule has 0 heterocycles. The summed E-state index contributed by atoms with van der Waals surface area (Å²) in [5.41, 5.74) is 2.49. The molecule has 0 saturated heterocycles. The van der Waals surface area contributed by atoms with Crippen molar-refractivity contribution in [3.8, 4) is 5.75 Å². The molecule has 2 rings (SSSR count). The van der Waals surface area contributed by atoms with Gasteiger partial charge in [-0.25, -0.2) is 0 Å². The molecule has 94 valence electrons. The summed E-state index contributed by atoms with van der Waals surface area (Å²) in [6.07, 6.45) is 3.91. The fraction of sp³-hybridized carbons (Fsp3) is 0.600. The number of hydrogen-bond acceptors (Lipinski definition) is 2. The summed E-state index contributed by atoms with van der Waals surface area (Å²) in [5.74, 6) is 1.09. The van der Waals surface area contributed by atoms with Gasteiger partial charge in [-0.15, -0.1) is 0 Å². The molecule has 1 aromatic carbocycles. The van der Waals surface area contributed by atoms with E-state index in [0.717, 1.165) is 25.1 Å². The number of hydrogen-bond donors (Lipinski definition) is 1. The first-order valence-corrected chi connectivity index (χ1v) is 6.67. The second-order valence-corrected chi connectivity index (χ2v) is 5.08. The predicted molar refractivity (Wildman–Crippen MR) is 71.6 cm³/mol. The first-order valence-electron chi connectivity index (χ1n) is 6.67. The Hall–Kier alpha value is -1.02. The van der Waals surface area contributed by atoms with Crippen LogP contribution in [-0.2, 0) is 0 Å². The van der Waals surface area contributed by atoms with Gasteiger partial charge in [0.25, 0.3) is 0 Å². The number of benzene rings is 1. The standard InChI is InChI=1S/C15H23NO/c1-4-8-16-13-9-14(10-13)17-15-11(2)6-5-7-12(15)3/h5-7,13-14,16H,4,8-10H2,1-3H3. The number of aryl methyl sites for hydroxylation is 2. The highest BCUT2D eigenvalue weighted by Gasteiger charge is 2.30. The highest BCUT2D eigenvalue weighted by molar-refractivity contribution is 5.40. The molecule has 2 heteroatoms. The smallest absolute Gasteiger partial charge is 0.125 e. The average molecular weight is 233 g/mol. The second-order valence-electron chi connectivity index (χ2n) is 5.08. The summed E-state index contributed by atoms with van der Waals surface area (Å²) in [4.78, 5) is 0. The van der Waals surface area contributed by atoms with E-state index < -0.39 is 0 Å². The van der Waals surface area contributed by atoms with E-state index in [2.05, 4.69) is 44.3 Å². The molecule has 1 aliphatic carbocycles. The second kappa shape index (κ2) is 5.54. The first kappa shape index (κ1) is 12.4. The average Bonchev–Trinajstić information content (AvgIpc) is 2.25. The zero-order valence-electron chi connectivity index (χ0n) is 11.1. The number of rotatable bonds is 5. The molecule has 1 aliphatic rings. The Labute approximate surface area is 104 Å². The maximum Gasteiger partial charge on any atom is 0.125 e. The zero-order valence-corrected chi connectivity index (χ0v) is 11.1. The Morgan fingerprint density at radius 2 is 1.88 bits per heavy atom. The van der Waals surface area contributed by atoms with Crippen molar-refractivity contribution in [2.75, 3.05) is 6.54 Å². The van der Waals surface area contributed by atoms with E-state index in [4.69, 9.17) is 4.74 Å². The fourth-order valence-electron chi connectivity index (χ4n) is 2.33. The molecule has 1 N–H and O–H groups in total. The molecule has 0 amide bonds. The van der Waals surface area contributed by atoms with Crippen LogP contribution in [0.25, 0.3) is 0 Å². The highest BCUT2D eigenvalue weighted by Crippen LogP contribution is 2.30. The lowest BCUT2D eigenvalue weighted by Gasteiger charge is -2.36. The van der Waals surface area contributed by atoms with Crippen molar-refractivity contribution in [3.05, 3.63) is 29.3 Å². The quantitative estimate of drug-likeness (QED) is 0.843. The van der Waals surface area contributed by atoms with Gasteiger partial charge in [0.05, 0.1) is 0 Å². The topological polar surface area (TPSA) is 21.3 Å². The van der Waals surface area contributed by atoms with E-state index in [9.17, 15) is 0 Å². The van der Waals surface area contributed by atoms with Crippen LogP contribution in [-0.4, -0.2) is 18.7 Å². The Balaban J connectivity index is 1.84. The molecule has 1 aromatic rings. The Morgan fingerprint density at radius 1 is 1.24 bits per heavy atom. The van der Waals surface area contributed by atoms with Gasteiger partial charge in [0, 0.05) is 6.04 Å². The van der Waals surface area contributed by atoms with Crippen LogP contribution in [0.5, 0.6) is 5.75 Å². The van der Waals surface area contributed by atoms with E-state index in [1.54, 1.807) is 0 Å². The van der Waals surface area contributed by atoms with Crippen LogP contribution >= 0.6 is 0 Å². The molecule has 0 spiro atoms. The van der Waals surface area contributed by atoms with Gasteiger partial charge < -0.3 is 10.1 Å². The van der Waals surface area contributed by atoms with Gasteiger partial charge in [-0.2, -0.15) is 0 Å². The maximum absolute atomic E-state index is 6.08. The van der Waals surface area contributed by atoms with Gasteiger partial charge in [-0.1, -0.05) is 25.1 Å². The summed E-state index contributed by atoms with van der Waals surface area (Å²) in [5, 5.41) is 3.53. The third-order valence-corrected chi connectivity index (χ3v) is 3.47. The van der Waals surface area contributed by atoms with Crippen molar-refractivity contribution in [1.29, 1.82) is 0 Å². The summed E-state index contributed by atoms with van der Waals surface area (Å²) in [7, 11) is 0. The van der Waals surface area contributed by atoms with Gasteiger partial charge in [-0.05, 0) is 50.8 Å². The lowest BCUT2D eigenvalue weighted by atomic mass is 9.89. The van der Waals surface area contributed by atoms with Crippen LogP contribution in [0.2, 0.25) is 0 Å². The Bertz CT molecular complexity index is 349. The molecule has 1 saturated carbocycles. The van der Waals surface area contributed by atoms with E-state index in [1.807, 2.05) is 0 Å². The minimum absolute atomic E-state index is 0.407. The highest BCUT2D eigenvalue weighted by atomic mass is 16.5. The molecule has 0 atom stereocenters. The SMILES string of the molecule is CCCNC1CC(Oc2c(C)cccc2C)C1. The van der Waals surface area contributed by atoms with Crippen LogP contribution in [0, 0.1) is 13.8 Å². The molecule has 1 fully saturated rings. The van der Waals surface area contributed by atoms with Crippen molar-refractivity contribution in [1.82, 2.24) is 5.32 Å². The summed E-state index contributed by atoms with van der Waals surface area (Å²) >= 11 is 0. The zero-order chi connectivity index (χ0) is 12.3. The number of ether oxygens (including phenoxy) is 1. The van der Waals surface area contributed by atoms with Crippen LogP contribution in [0.3, 0.4) is 0 Å². The van der Waals surface area contributed by atoms with Gasteiger partial charge in [0.2, 0.25) is 0 Å². The van der Waals surface area contributed by atoms with Crippen LogP contribution < -0.4 is 10.1 Å². The van der Waals surface area contributed by atoms with Gasteiger partial charge >= 0.3 is 0 Å². The predicted octanol–water partition coefficient (Wildman–Crippen LogP) is 3.21. The number of nitrogens with one attached hydrogen (secondary N) is 1. The van der Waals surface area contributed by atoms with Gasteiger partial charge in [-0.3, -0.25) is 0 Å². The molecule has 17 heavy (non-hydrogen) atoms.